The highest BCUT2D eigenvalue weighted by Gasteiger charge is 2.04. The van der Waals surface area contributed by atoms with E-state index >= 15 is 0 Å². The molecule has 1 aromatic rings. The molecule has 84 valence electrons. The summed E-state index contributed by atoms with van der Waals surface area (Å²) in [6, 6.07) is 4.87. The number of hydrogen-bond donors (Lipinski definition) is 1. The molecular formula is C12H18FNO. The van der Waals surface area contributed by atoms with Gasteiger partial charge in [0.15, 0.2) is 0 Å². The van der Waals surface area contributed by atoms with E-state index in [4.69, 9.17) is 4.74 Å². The Kier molecular flexibility index (Phi) is 4.56. The summed E-state index contributed by atoms with van der Waals surface area (Å²) in [5, 5.41) is 3.23. The molecule has 0 heterocycles. The van der Waals surface area contributed by atoms with Crippen molar-refractivity contribution in [2.24, 2.45) is 0 Å². The number of halogens is 1. The van der Waals surface area contributed by atoms with Crippen LogP contribution in [0.1, 0.15) is 19.4 Å². The first kappa shape index (κ1) is 12.0. The highest BCUT2D eigenvalue weighted by atomic mass is 19.1. The van der Waals surface area contributed by atoms with E-state index in [1.165, 1.54) is 12.1 Å². The Morgan fingerprint density at radius 1 is 1.47 bits per heavy atom. The molecule has 1 rings (SSSR count). The van der Waals surface area contributed by atoms with Gasteiger partial charge < -0.3 is 10.1 Å². The van der Waals surface area contributed by atoms with Crippen molar-refractivity contribution in [3.8, 4) is 5.75 Å². The van der Waals surface area contributed by atoms with E-state index in [-0.39, 0.29) is 11.9 Å². The molecular weight excluding hydrogens is 193 g/mol. The third-order valence-electron chi connectivity index (χ3n) is 2.19. The SMILES string of the molecule is CCNC(C)COc1cc(F)ccc1C. The third kappa shape index (κ3) is 3.88. The molecule has 0 spiro atoms. The number of benzene rings is 1. The fourth-order valence-electron chi connectivity index (χ4n) is 1.35. The van der Waals surface area contributed by atoms with Crippen molar-refractivity contribution in [1.29, 1.82) is 0 Å². The number of likely N-dealkylation sites (N-methyl/N-ethyl adjacent to an activating group) is 1. The van der Waals surface area contributed by atoms with Gasteiger partial charge in [-0.2, -0.15) is 0 Å². The van der Waals surface area contributed by atoms with Crippen molar-refractivity contribution >= 4 is 0 Å². The molecule has 0 aliphatic carbocycles. The molecule has 2 nitrogen and oxygen atoms in total. The summed E-state index contributed by atoms with van der Waals surface area (Å²) in [7, 11) is 0. The van der Waals surface area contributed by atoms with E-state index < -0.39 is 0 Å². The quantitative estimate of drug-likeness (QED) is 0.808. The third-order valence-corrected chi connectivity index (χ3v) is 2.19. The molecule has 1 unspecified atom stereocenters. The summed E-state index contributed by atoms with van der Waals surface area (Å²) in [6.45, 7) is 7.46. The minimum Gasteiger partial charge on any atom is -0.492 e. The second-order valence-corrected chi connectivity index (χ2v) is 3.68. The number of ether oxygens (including phenoxy) is 1. The van der Waals surface area contributed by atoms with Crippen molar-refractivity contribution in [3.05, 3.63) is 29.6 Å². The van der Waals surface area contributed by atoms with Crippen molar-refractivity contribution in [2.75, 3.05) is 13.2 Å². The van der Waals surface area contributed by atoms with Gasteiger partial charge in [-0.25, -0.2) is 4.39 Å². The fourth-order valence-corrected chi connectivity index (χ4v) is 1.35. The lowest BCUT2D eigenvalue weighted by atomic mass is 10.2. The minimum absolute atomic E-state index is 0.258. The van der Waals surface area contributed by atoms with Crippen molar-refractivity contribution in [2.45, 2.75) is 26.8 Å². The van der Waals surface area contributed by atoms with Crippen LogP contribution in [0.2, 0.25) is 0 Å². The molecule has 1 N–H and O–H groups in total. The minimum atomic E-state index is -0.258. The summed E-state index contributed by atoms with van der Waals surface area (Å²) < 4.78 is 18.5. The van der Waals surface area contributed by atoms with Gasteiger partial charge in [0.05, 0.1) is 0 Å². The van der Waals surface area contributed by atoms with Gasteiger partial charge in [0.2, 0.25) is 0 Å². The van der Waals surface area contributed by atoms with Crippen molar-refractivity contribution < 1.29 is 9.13 Å². The lowest BCUT2D eigenvalue weighted by Gasteiger charge is -2.14. The van der Waals surface area contributed by atoms with Gasteiger partial charge in [-0.3, -0.25) is 0 Å². The second kappa shape index (κ2) is 5.71. The summed E-state index contributed by atoms with van der Waals surface area (Å²) in [6.07, 6.45) is 0. The first-order valence-corrected chi connectivity index (χ1v) is 5.25. The summed E-state index contributed by atoms with van der Waals surface area (Å²) in [5.41, 5.74) is 0.958. The van der Waals surface area contributed by atoms with Gasteiger partial charge in [0, 0.05) is 12.1 Å². The van der Waals surface area contributed by atoms with Crippen LogP contribution in [0.5, 0.6) is 5.75 Å². The molecule has 0 saturated heterocycles. The van der Waals surface area contributed by atoms with E-state index in [1.54, 1.807) is 6.07 Å². The highest BCUT2D eigenvalue weighted by molar-refractivity contribution is 5.32. The maximum Gasteiger partial charge on any atom is 0.126 e. The maximum absolute atomic E-state index is 12.9. The average molecular weight is 211 g/mol. The fraction of sp³-hybridized carbons (Fsp3) is 0.500. The monoisotopic (exact) mass is 211 g/mol. The zero-order chi connectivity index (χ0) is 11.3. The maximum atomic E-state index is 12.9. The second-order valence-electron chi connectivity index (χ2n) is 3.68. The molecule has 0 saturated carbocycles. The lowest BCUT2D eigenvalue weighted by Crippen LogP contribution is -2.31. The number of hydrogen-bond acceptors (Lipinski definition) is 2. The predicted molar refractivity (Wildman–Crippen MR) is 59.8 cm³/mol. The molecule has 0 aromatic heterocycles. The predicted octanol–water partition coefficient (Wildman–Crippen LogP) is 2.51. The van der Waals surface area contributed by atoms with Crippen LogP contribution >= 0.6 is 0 Å². The van der Waals surface area contributed by atoms with E-state index in [2.05, 4.69) is 5.32 Å². The molecule has 15 heavy (non-hydrogen) atoms. The van der Waals surface area contributed by atoms with Crippen LogP contribution < -0.4 is 10.1 Å². The normalized spacial score (nSPS) is 12.5. The standard InChI is InChI=1S/C12H18FNO/c1-4-14-10(3)8-15-12-7-11(13)6-5-9(12)2/h5-7,10,14H,4,8H2,1-3H3. The highest BCUT2D eigenvalue weighted by Crippen LogP contribution is 2.18. The van der Waals surface area contributed by atoms with Gasteiger partial charge in [0.1, 0.15) is 18.2 Å². The van der Waals surface area contributed by atoms with Crippen LogP contribution in [-0.2, 0) is 0 Å². The first-order chi connectivity index (χ1) is 7.13. The number of rotatable bonds is 5. The largest absolute Gasteiger partial charge is 0.492 e. The molecule has 0 fully saturated rings. The molecule has 1 atom stereocenters. The van der Waals surface area contributed by atoms with E-state index in [0.29, 0.717) is 12.4 Å². The van der Waals surface area contributed by atoms with Gasteiger partial charge in [-0.05, 0) is 32.0 Å². The number of nitrogens with one attached hydrogen (secondary N) is 1. The summed E-state index contributed by atoms with van der Waals surface area (Å²) in [5.74, 6) is 0.367. The molecule has 0 aliphatic rings. The van der Waals surface area contributed by atoms with Gasteiger partial charge in [0.25, 0.3) is 0 Å². The zero-order valence-corrected chi connectivity index (χ0v) is 9.51. The van der Waals surface area contributed by atoms with E-state index in [9.17, 15) is 4.39 Å². The van der Waals surface area contributed by atoms with Crippen molar-refractivity contribution in [3.63, 3.8) is 0 Å². The Bertz CT molecular complexity index is 314. The zero-order valence-electron chi connectivity index (χ0n) is 9.51. The van der Waals surface area contributed by atoms with Gasteiger partial charge >= 0.3 is 0 Å². The van der Waals surface area contributed by atoms with Crippen LogP contribution in [0.25, 0.3) is 0 Å². The van der Waals surface area contributed by atoms with Crippen LogP contribution in [0.4, 0.5) is 4.39 Å². The first-order valence-electron chi connectivity index (χ1n) is 5.25. The van der Waals surface area contributed by atoms with Crippen LogP contribution in [0, 0.1) is 12.7 Å². The number of aryl methyl sites for hydroxylation is 1. The summed E-state index contributed by atoms with van der Waals surface area (Å²) >= 11 is 0. The lowest BCUT2D eigenvalue weighted by molar-refractivity contribution is 0.272. The Morgan fingerprint density at radius 3 is 2.87 bits per heavy atom. The molecule has 0 radical (unpaired) electrons. The molecule has 0 bridgehead atoms. The Hall–Kier alpha value is -1.09. The van der Waals surface area contributed by atoms with Gasteiger partial charge in [-0.15, -0.1) is 0 Å². The smallest absolute Gasteiger partial charge is 0.126 e. The molecule has 0 amide bonds. The van der Waals surface area contributed by atoms with Gasteiger partial charge in [-0.1, -0.05) is 13.0 Å². The average Bonchev–Trinajstić information content (AvgIpc) is 2.20. The van der Waals surface area contributed by atoms with E-state index in [0.717, 1.165) is 12.1 Å². The summed E-state index contributed by atoms with van der Waals surface area (Å²) in [4.78, 5) is 0. The Balaban J connectivity index is 2.53. The van der Waals surface area contributed by atoms with Crippen LogP contribution in [-0.4, -0.2) is 19.2 Å². The Morgan fingerprint density at radius 2 is 2.20 bits per heavy atom. The van der Waals surface area contributed by atoms with Crippen LogP contribution in [0.3, 0.4) is 0 Å². The Labute approximate surface area is 90.4 Å². The molecule has 1 aromatic carbocycles. The van der Waals surface area contributed by atoms with Crippen molar-refractivity contribution in [1.82, 2.24) is 5.32 Å². The van der Waals surface area contributed by atoms with E-state index in [1.807, 2.05) is 20.8 Å². The molecule has 3 heteroatoms. The topological polar surface area (TPSA) is 21.3 Å². The molecule has 0 aliphatic heterocycles. The van der Waals surface area contributed by atoms with Crippen LogP contribution in [0.15, 0.2) is 18.2 Å².